The Morgan fingerprint density at radius 1 is 0.933 bits per heavy atom. The molecule has 1 radical (unpaired) electrons. The van der Waals surface area contributed by atoms with Gasteiger partial charge < -0.3 is 0 Å². The van der Waals surface area contributed by atoms with Crippen LogP contribution in [-0.4, -0.2) is 0 Å². The second-order valence-corrected chi connectivity index (χ2v) is 3.44. The molecule has 0 bridgehead atoms. The number of hydrogen-bond donors (Lipinski definition) is 0. The summed E-state index contributed by atoms with van der Waals surface area (Å²) in [5.74, 6) is 0. The fourth-order valence-corrected chi connectivity index (χ4v) is 1.55. The highest BCUT2D eigenvalue weighted by Gasteiger charge is 2.44. The molecule has 83 valence electrons. The summed E-state index contributed by atoms with van der Waals surface area (Å²) in [6.45, 7) is 0. The Hall–Kier alpha value is -0.720. The van der Waals surface area contributed by atoms with Gasteiger partial charge in [0.15, 0.2) is 0 Å². The van der Waals surface area contributed by atoms with Crippen LogP contribution in [-0.2, 0) is 12.4 Å². The summed E-state index contributed by atoms with van der Waals surface area (Å²) in [4.78, 5) is 0. The molecule has 0 amide bonds. The topological polar surface area (TPSA) is 0 Å². The monoisotopic (exact) mass is 291 g/mol. The highest BCUT2D eigenvalue weighted by molar-refractivity contribution is 9.10. The van der Waals surface area contributed by atoms with Crippen molar-refractivity contribution in [1.29, 1.82) is 0 Å². The van der Waals surface area contributed by atoms with Crippen molar-refractivity contribution in [2.24, 2.45) is 0 Å². The molecule has 0 saturated heterocycles. The van der Waals surface area contributed by atoms with Gasteiger partial charge in [0.05, 0.1) is 11.1 Å². The van der Waals surface area contributed by atoms with Crippen LogP contribution in [0.25, 0.3) is 0 Å². The van der Waals surface area contributed by atoms with Crippen LogP contribution in [0.4, 0.5) is 26.3 Å². The van der Waals surface area contributed by atoms with E-state index in [2.05, 4.69) is 15.9 Å². The Kier molecular flexibility index (Phi) is 3.04. The third-order valence-electron chi connectivity index (χ3n) is 1.53. The van der Waals surface area contributed by atoms with E-state index in [0.29, 0.717) is 0 Å². The van der Waals surface area contributed by atoms with Gasteiger partial charge >= 0.3 is 12.4 Å². The first-order chi connectivity index (χ1) is 6.64. The minimum Gasteiger partial charge on any atom is -0.166 e. The van der Waals surface area contributed by atoms with Crippen LogP contribution in [0, 0.1) is 6.07 Å². The zero-order valence-electron chi connectivity index (χ0n) is 6.80. The van der Waals surface area contributed by atoms with Gasteiger partial charge in [-0.25, -0.2) is 0 Å². The van der Waals surface area contributed by atoms with E-state index >= 15 is 0 Å². The van der Waals surface area contributed by atoms with Crippen LogP contribution in [0.1, 0.15) is 11.1 Å². The van der Waals surface area contributed by atoms with Gasteiger partial charge in [-0.05, 0) is 18.2 Å². The summed E-state index contributed by atoms with van der Waals surface area (Å²) in [5.41, 5.74) is -3.47. The molecule has 0 unspecified atom stereocenters. The van der Waals surface area contributed by atoms with Crippen molar-refractivity contribution in [3.05, 3.63) is 33.8 Å². The molecule has 0 spiro atoms. The van der Waals surface area contributed by atoms with Crippen LogP contribution < -0.4 is 0 Å². The van der Waals surface area contributed by atoms with Gasteiger partial charge in [0.1, 0.15) is 0 Å². The lowest BCUT2D eigenvalue weighted by molar-refractivity contribution is -0.162. The molecule has 0 aliphatic carbocycles. The minimum atomic E-state index is -5.06. The lowest BCUT2D eigenvalue weighted by atomic mass is 10.1. The average molecular weight is 292 g/mol. The van der Waals surface area contributed by atoms with E-state index in [9.17, 15) is 26.3 Å². The molecular formula is C8H2BrF6. The van der Waals surface area contributed by atoms with Crippen molar-refractivity contribution in [2.45, 2.75) is 12.4 Å². The molecule has 0 aromatic heterocycles. The Labute approximate surface area is 89.0 Å². The maximum Gasteiger partial charge on any atom is 0.418 e. The summed E-state index contributed by atoms with van der Waals surface area (Å²) in [7, 11) is 0. The van der Waals surface area contributed by atoms with Gasteiger partial charge in [0.25, 0.3) is 0 Å². The van der Waals surface area contributed by atoms with E-state index in [-0.39, 0.29) is 6.07 Å². The molecule has 0 aliphatic heterocycles. The first kappa shape index (κ1) is 12.4. The van der Waals surface area contributed by atoms with E-state index in [1.165, 1.54) is 0 Å². The summed E-state index contributed by atoms with van der Waals surface area (Å²) in [5, 5.41) is 0. The Bertz CT molecular complexity index is 364. The molecule has 7 heteroatoms. The zero-order chi connectivity index (χ0) is 11.9. The van der Waals surface area contributed by atoms with Crippen molar-refractivity contribution < 1.29 is 26.3 Å². The third kappa shape index (κ3) is 2.64. The van der Waals surface area contributed by atoms with Gasteiger partial charge in [0.2, 0.25) is 0 Å². The van der Waals surface area contributed by atoms with Gasteiger partial charge in [0, 0.05) is 4.47 Å². The quantitative estimate of drug-likeness (QED) is 0.626. The number of halogens is 7. The van der Waals surface area contributed by atoms with Crippen LogP contribution in [0.3, 0.4) is 0 Å². The molecule has 1 rings (SSSR count). The van der Waals surface area contributed by atoms with Crippen LogP contribution in [0.15, 0.2) is 16.6 Å². The largest absolute Gasteiger partial charge is 0.418 e. The molecule has 0 heterocycles. The summed E-state index contributed by atoms with van der Waals surface area (Å²) in [6, 6.07) is 3.04. The molecule has 0 aliphatic rings. The second kappa shape index (κ2) is 3.70. The molecule has 0 nitrogen and oxygen atoms in total. The highest BCUT2D eigenvalue weighted by atomic mass is 79.9. The average Bonchev–Trinajstić information content (AvgIpc) is 1.99. The summed E-state index contributed by atoms with van der Waals surface area (Å²) < 4.78 is 72.9. The molecule has 1 aromatic rings. The SMILES string of the molecule is FC(F)(F)c1c[c]cc(Br)c1C(F)(F)F. The van der Waals surface area contributed by atoms with E-state index in [4.69, 9.17) is 0 Å². The maximum atomic E-state index is 12.3. The van der Waals surface area contributed by atoms with Crippen molar-refractivity contribution in [3.63, 3.8) is 0 Å². The zero-order valence-corrected chi connectivity index (χ0v) is 8.39. The van der Waals surface area contributed by atoms with Crippen LogP contribution in [0.2, 0.25) is 0 Å². The lowest BCUT2D eigenvalue weighted by Gasteiger charge is -2.16. The van der Waals surface area contributed by atoms with Gasteiger partial charge in [-0.1, -0.05) is 15.9 Å². The Morgan fingerprint density at radius 3 is 1.80 bits per heavy atom. The van der Waals surface area contributed by atoms with Crippen molar-refractivity contribution in [3.8, 4) is 0 Å². The highest BCUT2D eigenvalue weighted by Crippen LogP contribution is 2.43. The van der Waals surface area contributed by atoms with Gasteiger partial charge in [-0.15, -0.1) is 0 Å². The van der Waals surface area contributed by atoms with Gasteiger partial charge in [-0.3, -0.25) is 0 Å². The van der Waals surface area contributed by atoms with Crippen LogP contribution >= 0.6 is 15.9 Å². The first-order valence-corrected chi connectivity index (χ1v) is 4.27. The fraction of sp³-hybridized carbons (Fsp3) is 0.250. The normalized spacial score (nSPS) is 13.0. The van der Waals surface area contributed by atoms with E-state index < -0.39 is 28.0 Å². The van der Waals surface area contributed by atoms with Crippen LogP contribution in [0.5, 0.6) is 0 Å². The molecule has 0 fully saturated rings. The molecule has 0 atom stereocenters. The fourth-order valence-electron chi connectivity index (χ4n) is 0.983. The number of alkyl halides is 6. The predicted octanol–water partition coefficient (Wildman–Crippen LogP) is 4.29. The smallest absolute Gasteiger partial charge is 0.166 e. The van der Waals surface area contributed by atoms with Crippen molar-refractivity contribution in [1.82, 2.24) is 0 Å². The Balaban J connectivity index is 3.48. The van der Waals surface area contributed by atoms with Gasteiger partial charge in [-0.2, -0.15) is 26.3 Å². The minimum absolute atomic E-state index is 0.271. The van der Waals surface area contributed by atoms with E-state index in [1.807, 2.05) is 6.07 Å². The second-order valence-electron chi connectivity index (χ2n) is 2.59. The molecule has 1 aromatic carbocycles. The predicted molar refractivity (Wildman–Crippen MR) is 43.0 cm³/mol. The Morgan fingerprint density at radius 2 is 1.47 bits per heavy atom. The molecule has 0 saturated carbocycles. The lowest BCUT2D eigenvalue weighted by Crippen LogP contribution is -2.17. The first-order valence-electron chi connectivity index (χ1n) is 3.48. The van der Waals surface area contributed by atoms with E-state index in [0.717, 1.165) is 6.07 Å². The molecule has 0 N–H and O–H groups in total. The third-order valence-corrected chi connectivity index (χ3v) is 2.16. The molecular weight excluding hydrogens is 290 g/mol. The van der Waals surface area contributed by atoms with Crippen molar-refractivity contribution >= 4 is 15.9 Å². The summed E-state index contributed by atoms with van der Waals surface area (Å²) in [6.07, 6.45) is -10.1. The number of benzene rings is 1. The van der Waals surface area contributed by atoms with Crippen molar-refractivity contribution in [2.75, 3.05) is 0 Å². The standard InChI is InChI=1S/C8H2BrF6/c9-5-3-1-2-4(7(10,11)12)6(5)8(13,14)15/h2-3H. The maximum absolute atomic E-state index is 12.3. The number of rotatable bonds is 0. The number of hydrogen-bond acceptors (Lipinski definition) is 0. The molecule has 15 heavy (non-hydrogen) atoms. The summed E-state index contributed by atoms with van der Waals surface area (Å²) >= 11 is 2.42. The van der Waals surface area contributed by atoms with E-state index in [1.54, 1.807) is 0 Å².